The van der Waals surface area contributed by atoms with Gasteiger partial charge in [-0.15, -0.1) is 0 Å². The van der Waals surface area contributed by atoms with Crippen LogP contribution in [-0.4, -0.2) is 54.3 Å². The number of ether oxygens (including phenoxy) is 1. The lowest BCUT2D eigenvalue weighted by molar-refractivity contribution is 0.0699. The van der Waals surface area contributed by atoms with Crippen LogP contribution in [0.3, 0.4) is 0 Å². The number of oxazole rings is 1. The van der Waals surface area contributed by atoms with E-state index in [1.165, 1.54) is 42.6 Å². The molecule has 0 bridgehead atoms. The Balaban J connectivity index is 1.75. The highest BCUT2D eigenvalue weighted by molar-refractivity contribution is 9.10. The van der Waals surface area contributed by atoms with Crippen molar-refractivity contribution >= 4 is 47.0 Å². The Hall–Kier alpha value is -1.76. The first-order valence-corrected chi connectivity index (χ1v) is 16.1. The van der Waals surface area contributed by atoms with Crippen LogP contribution in [0.2, 0.25) is 25.7 Å². The molecule has 3 atom stereocenters. The summed E-state index contributed by atoms with van der Waals surface area (Å²) in [6.45, 7) is 5.73. The number of benzene rings is 1. The largest absolute Gasteiger partial charge is 0.465 e. The molecule has 2 heterocycles. The molecule has 184 valence electrons. The van der Waals surface area contributed by atoms with Crippen molar-refractivity contribution in [3.63, 3.8) is 0 Å². The first-order chi connectivity index (χ1) is 16.0. The molecule has 2 aromatic rings. The fraction of sp³-hybridized carbons (Fsp3) is 0.500. The molecule has 0 unspecified atom stereocenters. The predicted molar refractivity (Wildman–Crippen MR) is 132 cm³/mol. The van der Waals surface area contributed by atoms with E-state index >= 15 is 4.39 Å². The molecule has 7 nitrogen and oxygen atoms in total. The van der Waals surface area contributed by atoms with Crippen molar-refractivity contribution in [2.75, 3.05) is 20.0 Å². The molecule has 0 radical (unpaired) electrons. The highest BCUT2D eigenvalue weighted by Gasteiger charge is 2.71. The van der Waals surface area contributed by atoms with Gasteiger partial charge in [0.25, 0.3) is 0 Å². The van der Waals surface area contributed by atoms with Crippen molar-refractivity contribution in [1.82, 2.24) is 9.88 Å². The zero-order valence-electron chi connectivity index (χ0n) is 19.1. The number of amides is 1. The van der Waals surface area contributed by atoms with E-state index in [9.17, 15) is 14.3 Å². The number of thioether (sulfide) groups is 1. The van der Waals surface area contributed by atoms with Gasteiger partial charge >= 0.3 is 6.09 Å². The summed E-state index contributed by atoms with van der Waals surface area (Å²) >= 11 is 4.51. The van der Waals surface area contributed by atoms with E-state index in [1.54, 1.807) is 0 Å². The molecule has 1 fully saturated rings. The molecular weight excluding hydrogens is 548 g/mol. The Morgan fingerprint density at radius 2 is 2.21 bits per heavy atom. The number of hydrogen-bond donors (Lipinski definition) is 1. The monoisotopic (exact) mass is 573 g/mol. The molecule has 1 aliphatic carbocycles. The van der Waals surface area contributed by atoms with Gasteiger partial charge in [-0.1, -0.05) is 47.3 Å². The summed E-state index contributed by atoms with van der Waals surface area (Å²) in [6, 6.07) is 5.15. The molecular formula is C22H26BrF2N3O4SSi. The number of aliphatic imine (C=N–C) groups is 1. The van der Waals surface area contributed by atoms with E-state index in [-0.39, 0.29) is 17.5 Å². The molecule has 1 aromatic heterocycles. The Kier molecular flexibility index (Phi) is 6.97. The third kappa shape index (κ3) is 4.69. The minimum atomic E-state index is -1.62. The van der Waals surface area contributed by atoms with Gasteiger partial charge in [0.05, 0.1) is 10.9 Å². The van der Waals surface area contributed by atoms with E-state index < -0.39 is 42.9 Å². The van der Waals surface area contributed by atoms with Gasteiger partial charge in [-0.3, -0.25) is 0 Å². The third-order valence-electron chi connectivity index (χ3n) is 6.18. The number of carboxylic acid groups (broad SMARTS) is 1. The van der Waals surface area contributed by atoms with Gasteiger partial charge in [-0.05, 0) is 30.7 Å². The number of alkyl halides is 1. The summed E-state index contributed by atoms with van der Waals surface area (Å²) in [5.41, 5.74) is -1.55. The van der Waals surface area contributed by atoms with Crippen molar-refractivity contribution in [3.05, 3.63) is 52.4 Å². The zero-order valence-corrected chi connectivity index (χ0v) is 22.5. The van der Waals surface area contributed by atoms with Gasteiger partial charge in [0, 0.05) is 30.6 Å². The van der Waals surface area contributed by atoms with Crippen LogP contribution in [0.1, 0.15) is 17.7 Å². The highest BCUT2D eigenvalue weighted by atomic mass is 79.9. The van der Waals surface area contributed by atoms with E-state index in [0.717, 1.165) is 10.9 Å². The molecule has 1 aromatic carbocycles. The molecule has 1 aliphatic heterocycles. The summed E-state index contributed by atoms with van der Waals surface area (Å²) in [5, 5.41) is 10.0. The first kappa shape index (κ1) is 25.3. The van der Waals surface area contributed by atoms with Crippen molar-refractivity contribution in [2.24, 2.45) is 10.9 Å². The van der Waals surface area contributed by atoms with Crippen LogP contribution < -0.4 is 0 Å². The SMILES string of the molecule is C[Si](C)(C)CCOCN(C(=O)O)C1=N[C@](CF)(c2cc(Br)ccc2F)[C@@H]2C[C@]2(c2cnco2)S1. The number of nitrogens with zero attached hydrogens (tertiary/aromatic N) is 3. The van der Waals surface area contributed by atoms with Crippen molar-refractivity contribution in [1.29, 1.82) is 0 Å². The molecule has 34 heavy (non-hydrogen) atoms. The van der Waals surface area contributed by atoms with Crippen molar-refractivity contribution < 1.29 is 27.8 Å². The normalized spacial score (nSPS) is 26.1. The topological polar surface area (TPSA) is 88.2 Å². The van der Waals surface area contributed by atoms with Crippen LogP contribution in [0.5, 0.6) is 0 Å². The average Bonchev–Trinajstić information content (AvgIpc) is 3.25. The van der Waals surface area contributed by atoms with Crippen LogP contribution in [0.25, 0.3) is 0 Å². The van der Waals surface area contributed by atoms with E-state index in [4.69, 9.17) is 9.15 Å². The summed E-state index contributed by atoms with van der Waals surface area (Å²) in [5.74, 6) is -0.574. The van der Waals surface area contributed by atoms with Gasteiger partial charge in [0.2, 0.25) is 0 Å². The third-order valence-corrected chi connectivity index (χ3v) is 9.89. The minimum Gasteiger partial charge on any atom is -0.465 e. The summed E-state index contributed by atoms with van der Waals surface area (Å²) in [7, 11) is -1.37. The summed E-state index contributed by atoms with van der Waals surface area (Å²) in [4.78, 5) is 21.7. The smallest absolute Gasteiger partial charge is 0.415 e. The average molecular weight is 575 g/mol. The second kappa shape index (κ2) is 9.36. The Morgan fingerprint density at radius 1 is 1.44 bits per heavy atom. The number of hydrogen-bond acceptors (Lipinski definition) is 6. The maximum Gasteiger partial charge on any atom is 0.415 e. The van der Waals surface area contributed by atoms with Crippen LogP contribution in [0.15, 0.2) is 44.7 Å². The van der Waals surface area contributed by atoms with E-state index in [0.29, 0.717) is 23.3 Å². The molecule has 1 saturated carbocycles. The summed E-state index contributed by atoms with van der Waals surface area (Å²) in [6.07, 6.45) is 1.95. The van der Waals surface area contributed by atoms with E-state index in [1.807, 2.05) is 0 Å². The van der Waals surface area contributed by atoms with Crippen LogP contribution in [0.4, 0.5) is 13.6 Å². The molecule has 2 aliphatic rings. The predicted octanol–water partition coefficient (Wildman–Crippen LogP) is 6.05. The second-order valence-corrected chi connectivity index (χ2v) is 17.6. The molecule has 0 spiro atoms. The van der Waals surface area contributed by atoms with Gasteiger partial charge in [0.15, 0.2) is 11.6 Å². The Labute approximate surface area is 210 Å². The maximum absolute atomic E-state index is 15.0. The highest BCUT2D eigenvalue weighted by Crippen LogP contribution is 2.72. The molecule has 0 saturated heterocycles. The van der Waals surface area contributed by atoms with E-state index in [2.05, 4.69) is 45.5 Å². The first-order valence-electron chi connectivity index (χ1n) is 10.8. The standard InChI is InChI=1S/C22H26BrF2N3O4SSi/c1-34(2,3)7-6-31-13-28(20(29)30)19-27-21(11-24,15-8-14(23)4-5-16(15)25)17-9-22(17,33-19)18-10-26-12-32-18/h4-5,8,10,12,17H,6-7,9,11,13H2,1-3H3,(H,29,30)/t17-,21+,22-/m0/s1. The fourth-order valence-corrected chi connectivity index (χ4v) is 6.89. The fourth-order valence-electron chi connectivity index (χ4n) is 4.21. The van der Waals surface area contributed by atoms with Gasteiger partial charge < -0.3 is 14.3 Å². The van der Waals surface area contributed by atoms with Gasteiger partial charge in [-0.25, -0.2) is 28.5 Å². The minimum absolute atomic E-state index is 0.0441. The molecule has 1 N–H and O–H groups in total. The lowest BCUT2D eigenvalue weighted by atomic mass is 9.84. The van der Waals surface area contributed by atoms with Crippen LogP contribution in [0, 0.1) is 11.7 Å². The van der Waals surface area contributed by atoms with Crippen molar-refractivity contribution in [2.45, 2.75) is 42.4 Å². The Morgan fingerprint density at radius 3 is 2.82 bits per heavy atom. The molecule has 12 heteroatoms. The maximum atomic E-state index is 15.0. The zero-order chi connectivity index (χ0) is 24.7. The molecule has 4 rings (SSSR count). The number of carbonyl (C=O) groups is 1. The lowest BCUT2D eigenvalue weighted by Gasteiger charge is -2.37. The summed E-state index contributed by atoms with van der Waals surface area (Å²) < 4.78 is 41.0. The number of halogens is 3. The number of fused-ring (bicyclic) bond motifs is 1. The van der Waals surface area contributed by atoms with Gasteiger partial charge in [-0.2, -0.15) is 0 Å². The second-order valence-electron chi connectivity index (χ2n) is 9.75. The van der Waals surface area contributed by atoms with Crippen molar-refractivity contribution in [3.8, 4) is 0 Å². The van der Waals surface area contributed by atoms with Crippen LogP contribution >= 0.6 is 27.7 Å². The number of amidine groups is 1. The lowest BCUT2D eigenvalue weighted by Crippen LogP contribution is -2.44. The van der Waals surface area contributed by atoms with Gasteiger partial charge in [0.1, 0.15) is 30.5 Å². The molecule has 1 amide bonds. The number of aromatic nitrogens is 1. The Bertz CT molecular complexity index is 1100. The number of rotatable bonds is 8. The quantitative estimate of drug-likeness (QED) is 0.235. The van der Waals surface area contributed by atoms with Crippen LogP contribution in [-0.2, 0) is 15.0 Å².